The Hall–Kier alpha value is -1.49. The van der Waals surface area contributed by atoms with E-state index in [4.69, 9.17) is 28.0 Å². The van der Waals surface area contributed by atoms with Gasteiger partial charge in [-0.05, 0) is 36.8 Å². The maximum atomic E-state index is 12.6. The standard InChI is InChI=1S/C14H10Cl2F3N2O3S2/c1-8(20-24-7-10-3-5-13(16)25-10)11-6-9(15)2-4-12(11)21-26(22,23)14(17,18)19/h2-6H,7H2,1H3/q-1. The number of hydrogen-bond acceptors (Lipinski definition) is 5. The molecular formula is C14H10Cl2F3N2O3S2-. The number of rotatable bonds is 6. The monoisotopic (exact) mass is 445 g/mol. The summed E-state index contributed by atoms with van der Waals surface area (Å²) in [6, 6.07) is 6.93. The lowest BCUT2D eigenvalue weighted by atomic mass is 10.1. The van der Waals surface area contributed by atoms with Crippen molar-refractivity contribution in [3.05, 3.63) is 54.9 Å². The highest BCUT2D eigenvalue weighted by Crippen LogP contribution is 2.37. The number of thiophene rings is 1. The lowest BCUT2D eigenvalue weighted by Crippen LogP contribution is -2.21. The van der Waals surface area contributed by atoms with Crippen LogP contribution < -0.4 is 0 Å². The Morgan fingerprint density at radius 1 is 1.27 bits per heavy atom. The number of alkyl halides is 3. The van der Waals surface area contributed by atoms with Gasteiger partial charge in [-0.2, -0.15) is 13.2 Å². The van der Waals surface area contributed by atoms with Crippen molar-refractivity contribution in [2.24, 2.45) is 5.16 Å². The van der Waals surface area contributed by atoms with Gasteiger partial charge in [0.15, 0.2) is 16.6 Å². The van der Waals surface area contributed by atoms with Crippen LogP contribution in [-0.4, -0.2) is 19.6 Å². The quantitative estimate of drug-likeness (QED) is 0.413. The molecule has 5 nitrogen and oxygen atoms in total. The predicted molar refractivity (Wildman–Crippen MR) is 95.8 cm³/mol. The van der Waals surface area contributed by atoms with Crippen molar-refractivity contribution in [2.45, 2.75) is 19.0 Å². The van der Waals surface area contributed by atoms with Crippen LogP contribution in [0, 0.1) is 0 Å². The SMILES string of the molecule is CC(=NOCc1ccc(Cl)s1)c1cc(Cl)ccc1[N-]S(=O)(=O)C(F)(F)F. The zero-order chi connectivity index (χ0) is 19.5. The maximum absolute atomic E-state index is 12.6. The molecule has 0 atom stereocenters. The number of benzene rings is 1. The van der Waals surface area contributed by atoms with E-state index in [1.54, 1.807) is 12.1 Å². The molecule has 0 aliphatic carbocycles. The highest BCUT2D eigenvalue weighted by Gasteiger charge is 2.39. The van der Waals surface area contributed by atoms with Crippen LogP contribution >= 0.6 is 34.5 Å². The van der Waals surface area contributed by atoms with Gasteiger partial charge in [0.05, 0.1) is 10.0 Å². The molecule has 2 aromatic rings. The number of sulfonamides is 1. The predicted octanol–water partition coefficient (Wildman–Crippen LogP) is 5.85. The molecule has 142 valence electrons. The first-order valence-electron chi connectivity index (χ1n) is 6.74. The minimum absolute atomic E-state index is 0.00506. The molecule has 1 aromatic carbocycles. The van der Waals surface area contributed by atoms with E-state index in [1.807, 2.05) is 0 Å². The van der Waals surface area contributed by atoms with E-state index >= 15 is 0 Å². The van der Waals surface area contributed by atoms with Crippen LogP contribution in [0.25, 0.3) is 4.72 Å². The summed E-state index contributed by atoms with van der Waals surface area (Å²) in [6.07, 6.45) is 0. The van der Waals surface area contributed by atoms with Gasteiger partial charge in [0, 0.05) is 9.90 Å². The van der Waals surface area contributed by atoms with Crippen molar-refractivity contribution in [3.63, 3.8) is 0 Å². The Bertz CT molecular complexity index is 928. The molecule has 0 unspecified atom stereocenters. The van der Waals surface area contributed by atoms with E-state index in [2.05, 4.69) is 9.88 Å². The van der Waals surface area contributed by atoms with E-state index < -0.39 is 21.2 Å². The van der Waals surface area contributed by atoms with Gasteiger partial charge in [-0.15, -0.1) is 17.0 Å². The third-order valence-corrected chi connectivity index (χ3v) is 5.36. The number of halogens is 5. The molecule has 12 heteroatoms. The van der Waals surface area contributed by atoms with Gasteiger partial charge in [-0.25, -0.2) is 8.42 Å². The van der Waals surface area contributed by atoms with Crippen molar-refractivity contribution < 1.29 is 26.4 Å². The van der Waals surface area contributed by atoms with E-state index in [1.165, 1.54) is 30.4 Å². The Kier molecular flexibility index (Phi) is 6.43. The molecule has 0 saturated heterocycles. The topological polar surface area (TPSA) is 69.8 Å². The zero-order valence-corrected chi connectivity index (χ0v) is 16.1. The van der Waals surface area contributed by atoms with Gasteiger partial charge < -0.3 is 9.56 Å². The van der Waals surface area contributed by atoms with Crippen molar-refractivity contribution >= 4 is 56.0 Å². The molecular weight excluding hydrogens is 436 g/mol. The molecule has 0 bridgehead atoms. The summed E-state index contributed by atoms with van der Waals surface area (Å²) >= 11 is 12.9. The molecule has 0 aliphatic rings. The summed E-state index contributed by atoms with van der Waals surface area (Å²) in [4.78, 5) is 5.90. The number of hydrogen-bond donors (Lipinski definition) is 0. The highest BCUT2D eigenvalue weighted by atomic mass is 35.5. The van der Waals surface area contributed by atoms with Gasteiger partial charge in [-0.1, -0.05) is 34.4 Å². The molecule has 1 heterocycles. The van der Waals surface area contributed by atoms with E-state index in [9.17, 15) is 21.6 Å². The number of oxime groups is 1. The summed E-state index contributed by atoms with van der Waals surface area (Å²) in [6.45, 7) is 1.51. The Balaban J connectivity index is 2.24. The van der Waals surface area contributed by atoms with Gasteiger partial charge in [-0.3, -0.25) is 0 Å². The Morgan fingerprint density at radius 2 is 1.96 bits per heavy atom. The van der Waals surface area contributed by atoms with E-state index in [-0.39, 0.29) is 22.9 Å². The summed E-state index contributed by atoms with van der Waals surface area (Å²) in [5.74, 6) is 0. The molecule has 0 fully saturated rings. The van der Waals surface area contributed by atoms with Gasteiger partial charge in [0.2, 0.25) is 0 Å². The molecule has 0 radical (unpaired) electrons. The van der Waals surface area contributed by atoms with Crippen LogP contribution in [0.4, 0.5) is 18.9 Å². The van der Waals surface area contributed by atoms with Crippen LogP contribution in [-0.2, 0) is 21.5 Å². The van der Waals surface area contributed by atoms with Crippen molar-refractivity contribution in [1.29, 1.82) is 0 Å². The van der Waals surface area contributed by atoms with Gasteiger partial charge >= 0.3 is 5.51 Å². The first-order valence-corrected chi connectivity index (χ1v) is 9.76. The van der Waals surface area contributed by atoms with Gasteiger partial charge in [0.25, 0.3) is 0 Å². The molecule has 1 aromatic heterocycles. The molecule has 0 saturated carbocycles. The first kappa shape index (κ1) is 20.8. The lowest BCUT2D eigenvalue weighted by molar-refractivity contribution is -0.0425. The minimum atomic E-state index is -5.71. The van der Waals surface area contributed by atoms with E-state index in [0.29, 0.717) is 4.34 Å². The van der Waals surface area contributed by atoms with Crippen molar-refractivity contribution in [2.75, 3.05) is 0 Å². The molecule has 0 aliphatic heterocycles. The summed E-state index contributed by atoms with van der Waals surface area (Å²) in [5.41, 5.74) is -5.86. The van der Waals surface area contributed by atoms with Crippen molar-refractivity contribution in [1.82, 2.24) is 0 Å². The average molecular weight is 446 g/mol. The van der Waals surface area contributed by atoms with Crippen LogP contribution in [0.5, 0.6) is 0 Å². The molecule has 2 rings (SSSR count). The molecule has 26 heavy (non-hydrogen) atoms. The van der Waals surface area contributed by atoms with Crippen LogP contribution in [0.2, 0.25) is 9.36 Å². The highest BCUT2D eigenvalue weighted by molar-refractivity contribution is 7.95. The summed E-state index contributed by atoms with van der Waals surface area (Å²) in [7, 11) is -5.71. The molecule has 0 amide bonds. The van der Waals surface area contributed by atoms with Crippen LogP contribution in [0.1, 0.15) is 17.4 Å². The summed E-state index contributed by atoms with van der Waals surface area (Å²) in [5, 5.41) is 3.95. The third-order valence-electron chi connectivity index (χ3n) is 2.90. The largest absolute Gasteiger partial charge is 0.569 e. The van der Waals surface area contributed by atoms with Crippen LogP contribution in [0.15, 0.2) is 35.5 Å². The smallest absolute Gasteiger partial charge is 0.483 e. The van der Waals surface area contributed by atoms with Gasteiger partial charge in [0.1, 0.15) is 0 Å². The molecule has 0 N–H and O–H groups in total. The fourth-order valence-electron chi connectivity index (χ4n) is 1.73. The first-order chi connectivity index (χ1) is 12.0. The average Bonchev–Trinajstić information content (AvgIpc) is 2.93. The minimum Gasteiger partial charge on any atom is -0.569 e. The van der Waals surface area contributed by atoms with E-state index in [0.717, 1.165) is 10.9 Å². The lowest BCUT2D eigenvalue weighted by Gasteiger charge is -2.26. The number of nitrogens with zero attached hydrogens (tertiary/aromatic N) is 2. The third kappa shape index (κ3) is 5.26. The van der Waals surface area contributed by atoms with Crippen LogP contribution in [0.3, 0.4) is 0 Å². The second kappa shape index (κ2) is 8.03. The second-order valence-electron chi connectivity index (χ2n) is 4.83. The fourth-order valence-corrected chi connectivity index (χ4v) is 3.42. The normalized spacial score (nSPS) is 12.9. The molecule has 0 spiro atoms. The fraction of sp³-hybridized carbons (Fsp3) is 0.214. The Labute approximate surface area is 161 Å². The second-order valence-corrected chi connectivity index (χ2v) is 8.66. The summed E-state index contributed by atoms with van der Waals surface area (Å²) < 4.78 is 63.6. The van der Waals surface area contributed by atoms with Crippen molar-refractivity contribution in [3.8, 4) is 0 Å². The maximum Gasteiger partial charge on any atom is 0.483 e. The Morgan fingerprint density at radius 3 is 2.54 bits per heavy atom. The zero-order valence-electron chi connectivity index (χ0n) is 12.9.